The van der Waals surface area contributed by atoms with Gasteiger partial charge in [0.2, 0.25) is 0 Å². The number of nitrogens with zero attached hydrogens (tertiary/aromatic N) is 2. The van der Waals surface area contributed by atoms with Crippen LogP contribution < -0.4 is 10.1 Å². The summed E-state index contributed by atoms with van der Waals surface area (Å²) in [6.45, 7) is 0.472. The summed E-state index contributed by atoms with van der Waals surface area (Å²) in [5.74, 6) is 0.548. The first-order valence-corrected chi connectivity index (χ1v) is 7.68. The average molecular weight is 321 g/mol. The Balaban J connectivity index is 1.79. The van der Waals surface area contributed by atoms with E-state index in [1.54, 1.807) is 17.9 Å². The van der Waals surface area contributed by atoms with Crippen LogP contribution >= 0.6 is 0 Å². The van der Waals surface area contributed by atoms with Crippen LogP contribution in [-0.2, 0) is 13.6 Å². The lowest BCUT2D eigenvalue weighted by Gasteiger charge is -2.07. The predicted octanol–water partition coefficient (Wildman–Crippen LogP) is 3.03. The summed E-state index contributed by atoms with van der Waals surface area (Å²) in [5.41, 5.74) is 3.16. The van der Waals surface area contributed by atoms with Gasteiger partial charge >= 0.3 is 0 Å². The molecule has 2 aromatic carbocycles. The summed E-state index contributed by atoms with van der Waals surface area (Å²) in [6, 6.07) is 19.2. The van der Waals surface area contributed by atoms with Gasteiger partial charge in [0.05, 0.1) is 12.8 Å². The lowest BCUT2D eigenvalue weighted by atomic mass is 10.1. The number of aryl methyl sites for hydroxylation is 1. The molecular formula is C19H19N3O2. The van der Waals surface area contributed by atoms with Gasteiger partial charge in [0, 0.05) is 19.2 Å². The van der Waals surface area contributed by atoms with E-state index in [1.165, 1.54) is 0 Å². The molecule has 5 heteroatoms. The SMILES string of the molecule is COc1ccccc1-c1cc(C(=O)NCc2ccccc2)nn1C. The molecule has 0 saturated heterocycles. The Hall–Kier alpha value is -3.08. The highest BCUT2D eigenvalue weighted by Crippen LogP contribution is 2.29. The quantitative estimate of drug-likeness (QED) is 0.786. The molecule has 1 N–H and O–H groups in total. The summed E-state index contributed by atoms with van der Waals surface area (Å²) in [6.07, 6.45) is 0. The molecule has 1 amide bonds. The van der Waals surface area contributed by atoms with Gasteiger partial charge in [-0.25, -0.2) is 0 Å². The fourth-order valence-corrected chi connectivity index (χ4v) is 2.56. The van der Waals surface area contributed by atoms with E-state index < -0.39 is 0 Å². The third-order valence-electron chi connectivity index (χ3n) is 3.79. The van der Waals surface area contributed by atoms with Gasteiger partial charge in [-0.3, -0.25) is 9.48 Å². The molecular weight excluding hydrogens is 302 g/mol. The molecule has 0 aliphatic carbocycles. The van der Waals surface area contributed by atoms with Gasteiger partial charge in [-0.2, -0.15) is 5.10 Å². The third kappa shape index (κ3) is 3.30. The highest BCUT2D eigenvalue weighted by atomic mass is 16.5. The number of aromatic nitrogens is 2. The highest BCUT2D eigenvalue weighted by molar-refractivity contribution is 5.93. The molecule has 0 radical (unpaired) electrons. The van der Waals surface area contributed by atoms with E-state index >= 15 is 0 Å². The highest BCUT2D eigenvalue weighted by Gasteiger charge is 2.16. The number of carbonyl (C=O) groups is 1. The van der Waals surface area contributed by atoms with E-state index in [-0.39, 0.29) is 5.91 Å². The maximum atomic E-state index is 12.4. The second kappa shape index (κ2) is 7.00. The smallest absolute Gasteiger partial charge is 0.272 e. The minimum absolute atomic E-state index is 0.199. The summed E-state index contributed by atoms with van der Waals surface area (Å²) >= 11 is 0. The lowest BCUT2D eigenvalue weighted by molar-refractivity contribution is 0.0945. The molecule has 3 aromatic rings. The van der Waals surface area contributed by atoms with Crippen molar-refractivity contribution in [1.82, 2.24) is 15.1 Å². The first-order chi connectivity index (χ1) is 11.7. The zero-order valence-electron chi connectivity index (χ0n) is 13.7. The summed E-state index contributed by atoms with van der Waals surface area (Å²) in [5, 5.41) is 7.21. The van der Waals surface area contributed by atoms with Crippen LogP contribution in [-0.4, -0.2) is 22.8 Å². The van der Waals surface area contributed by atoms with Gasteiger partial charge in [0.25, 0.3) is 5.91 Å². The zero-order chi connectivity index (χ0) is 16.9. The summed E-state index contributed by atoms with van der Waals surface area (Å²) in [7, 11) is 3.44. The van der Waals surface area contributed by atoms with Crippen LogP contribution in [0.4, 0.5) is 0 Å². The van der Waals surface area contributed by atoms with Gasteiger partial charge in [-0.05, 0) is 23.8 Å². The molecule has 1 heterocycles. The summed E-state index contributed by atoms with van der Waals surface area (Å²) in [4.78, 5) is 12.4. The van der Waals surface area contributed by atoms with Crippen molar-refractivity contribution < 1.29 is 9.53 Å². The van der Waals surface area contributed by atoms with Crippen LogP contribution in [0.15, 0.2) is 60.7 Å². The van der Waals surface area contributed by atoms with Crippen LogP contribution in [0, 0.1) is 0 Å². The normalized spacial score (nSPS) is 10.4. The molecule has 5 nitrogen and oxygen atoms in total. The Bertz CT molecular complexity index is 841. The van der Waals surface area contributed by atoms with Crippen LogP contribution in [0.3, 0.4) is 0 Å². The standard InChI is InChI=1S/C19H19N3O2/c1-22-17(15-10-6-7-11-18(15)24-2)12-16(21-22)19(23)20-13-14-8-4-3-5-9-14/h3-12H,13H2,1-2H3,(H,20,23). The number of hydrogen-bond acceptors (Lipinski definition) is 3. The van der Waals surface area contributed by atoms with Crippen molar-refractivity contribution >= 4 is 5.91 Å². The van der Waals surface area contributed by atoms with Crippen LogP contribution in [0.2, 0.25) is 0 Å². The van der Waals surface area contributed by atoms with E-state index in [0.29, 0.717) is 12.2 Å². The Morgan fingerprint density at radius 2 is 1.83 bits per heavy atom. The maximum Gasteiger partial charge on any atom is 0.272 e. The van der Waals surface area contributed by atoms with E-state index in [4.69, 9.17) is 4.74 Å². The molecule has 0 bridgehead atoms. The first-order valence-electron chi connectivity index (χ1n) is 7.68. The number of amides is 1. The van der Waals surface area contributed by atoms with Crippen LogP contribution in [0.5, 0.6) is 5.75 Å². The molecule has 122 valence electrons. The minimum atomic E-state index is -0.199. The van der Waals surface area contributed by atoms with Gasteiger partial charge in [-0.15, -0.1) is 0 Å². The maximum absolute atomic E-state index is 12.4. The molecule has 0 saturated carbocycles. The number of methoxy groups -OCH3 is 1. The third-order valence-corrected chi connectivity index (χ3v) is 3.79. The van der Waals surface area contributed by atoms with E-state index in [1.807, 2.05) is 61.6 Å². The van der Waals surface area contributed by atoms with Gasteiger partial charge in [0.15, 0.2) is 5.69 Å². The Kier molecular flexibility index (Phi) is 4.61. The Labute approximate surface area is 140 Å². The van der Waals surface area contributed by atoms with Crippen molar-refractivity contribution in [3.05, 3.63) is 71.9 Å². The molecule has 0 aliphatic rings. The van der Waals surface area contributed by atoms with Gasteiger partial charge in [-0.1, -0.05) is 42.5 Å². The van der Waals surface area contributed by atoms with Crippen molar-refractivity contribution in [2.24, 2.45) is 7.05 Å². The Morgan fingerprint density at radius 1 is 1.12 bits per heavy atom. The monoisotopic (exact) mass is 321 g/mol. The van der Waals surface area contributed by atoms with Gasteiger partial charge < -0.3 is 10.1 Å². The molecule has 3 rings (SSSR count). The minimum Gasteiger partial charge on any atom is -0.496 e. The lowest BCUT2D eigenvalue weighted by Crippen LogP contribution is -2.23. The topological polar surface area (TPSA) is 56.1 Å². The Morgan fingerprint density at radius 3 is 2.58 bits per heavy atom. The zero-order valence-corrected chi connectivity index (χ0v) is 13.7. The molecule has 24 heavy (non-hydrogen) atoms. The predicted molar refractivity (Wildman–Crippen MR) is 92.8 cm³/mol. The number of nitrogens with one attached hydrogen (secondary N) is 1. The number of para-hydroxylation sites is 1. The molecule has 0 unspecified atom stereocenters. The van der Waals surface area contributed by atoms with E-state index in [0.717, 1.165) is 22.6 Å². The molecule has 0 aliphatic heterocycles. The van der Waals surface area contributed by atoms with Crippen LogP contribution in [0.25, 0.3) is 11.3 Å². The molecule has 0 spiro atoms. The van der Waals surface area contributed by atoms with Crippen molar-refractivity contribution in [2.45, 2.75) is 6.54 Å². The second-order valence-electron chi connectivity index (χ2n) is 5.41. The largest absolute Gasteiger partial charge is 0.496 e. The average Bonchev–Trinajstić information content (AvgIpc) is 3.02. The molecule has 0 fully saturated rings. The number of benzene rings is 2. The fraction of sp³-hybridized carbons (Fsp3) is 0.158. The van der Waals surface area contributed by atoms with Crippen molar-refractivity contribution in [3.8, 4) is 17.0 Å². The van der Waals surface area contributed by atoms with Crippen molar-refractivity contribution in [2.75, 3.05) is 7.11 Å². The van der Waals surface area contributed by atoms with E-state index in [9.17, 15) is 4.79 Å². The van der Waals surface area contributed by atoms with Crippen molar-refractivity contribution in [1.29, 1.82) is 0 Å². The molecule has 1 aromatic heterocycles. The van der Waals surface area contributed by atoms with Crippen molar-refractivity contribution in [3.63, 3.8) is 0 Å². The number of rotatable bonds is 5. The van der Waals surface area contributed by atoms with Crippen LogP contribution in [0.1, 0.15) is 16.1 Å². The molecule has 0 atom stereocenters. The number of ether oxygens (including phenoxy) is 1. The first kappa shape index (κ1) is 15.8. The number of carbonyl (C=O) groups excluding carboxylic acids is 1. The second-order valence-corrected chi connectivity index (χ2v) is 5.41. The van der Waals surface area contributed by atoms with E-state index in [2.05, 4.69) is 10.4 Å². The fourth-order valence-electron chi connectivity index (χ4n) is 2.56. The van der Waals surface area contributed by atoms with Gasteiger partial charge in [0.1, 0.15) is 5.75 Å². The summed E-state index contributed by atoms with van der Waals surface area (Å²) < 4.78 is 7.08. The number of hydrogen-bond donors (Lipinski definition) is 1.